The third-order valence-electron chi connectivity index (χ3n) is 2.52. The van der Waals surface area contributed by atoms with Gasteiger partial charge in [0.1, 0.15) is 5.15 Å². The van der Waals surface area contributed by atoms with Crippen LogP contribution in [0.25, 0.3) is 5.65 Å². The summed E-state index contributed by atoms with van der Waals surface area (Å²) in [6.45, 7) is 1.58. The van der Waals surface area contributed by atoms with Crippen LogP contribution in [0.1, 0.15) is 30.3 Å². The summed E-state index contributed by atoms with van der Waals surface area (Å²) >= 11 is 5.57. The molecule has 0 N–H and O–H groups in total. The standard InChI is InChI=1S/C10H7ClF5N3/c1-2-4-3-5(10(14,15)16)6(11)19-9(4)17-8(18-19)7(12)13/h3,7H,2H2,1H3. The van der Waals surface area contributed by atoms with E-state index in [1.165, 1.54) is 0 Å². The maximum absolute atomic E-state index is 12.8. The summed E-state index contributed by atoms with van der Waals surface area (Å²) in [4.78, 5) is 3.52. The number of aromatic nitrogens is 3. The molecule has 0 atom stereocenters. The third kappa shape index (κ3) is 2.36. The number of fused-ring (bicyclic) bond motifs is 1. The number of aryl methyl sites for hydroxylation is 1. The number of alkyl halides is 5. The minimum Gasteiger partial charge on any atom is -0.206 e. The van der Waals surface area contributed by atoms with E-state index in [4.69, 9.17) is 11.6 Å². The Morgan fingerprint density at radius 3 is 2.47 bits per heavy atom. The smallest absolute Gasteiger partial charge is 0.206 e. The largest absolute Gasteiger partial charge is 0.419 e. The van der Waals surface area contributed by atoms with E-state index >= 15 is 0 Å². The van der Waals surface area contributed by atoms with Crippen molar-refractivity contribution in [2.24, 2.45) is 0 Å². The van der Waals surface area contributed by atoms with Gasteiger partial charge in [-0.3, -0.25) is 0 Å². The molecule has 0 saturated heterocycles. The molecule has 0 aliphatic heterocycles. The zero-order chi connectivity index (χ0) is 14.4. The zero-order valence-corrected chi connectivity index (χ0v) is 10.2. The highest BCUT2D eigenvalue weighted by molar-refractivity contribution is 6.30. The lowest BCUT2D eigenvalue weighted by Gasteiger charge is -2.11. The van der Waals surface area contributed by atoms with Crippen molar-refractivity contribution in [3.63, 3.8) is 0 Å². The van der Waals surface area contributed by atoms with Crippen LogP contribution in [0.15, 0.2) is 6.07 Å². The molecule has 104 valence electrons. The van der Waals surface area contributed by atoms with Crippen molar-refractivity contribution in [3.8, 4) is 0 Å². The van der Waals surface area contributed by atoms with Gasteiger partial charge in [-0.05, 0) is 18.1 Å². The van der Waals surface area contributed by atoms with Gasteiger partial charge in [-0.1, -0.05) is 18.5 Å². The summed E-state index contributed by atoms with van der Waals surface area (Å²) in [5.41, 5.74) is -1.06. The summed E-state index contributed by atoms with van der Waals surface area (Å²) < 4.78 is 63.9. The minimum atomic E-state index is -4.69. The Morgan fingerprint density at radius 2 is 2.00 bits per heavy atom. The monoisotopic (exact) mass is 299 g/mol. The Bertz CT molecular complexity index is 620. The van der Waals surface area contributed by atoms with Gasteiger partial charge in [0, 0.05) is 0 Å². The maximum atomic E-state index is 12.8. The van der Waals surface area contributed by atoms with E-state index in [1.807, 2.05) is 0 Å². The predicted molar refractivity (Wildman–Crippen MR) is 57.3 cm³/mol. The van der Waals surface area contributed by atoms with Crippen LogP contribution in [0.3, 0.4) is 0 Å². The molecule has 2 heterocycles. The van der Waals surface area contributed by atoms with Gasteiger partial charge in [-0.15, -0.1) is 5.10 Å². The van der Waals surface area contributed by atoms with Gasteiger partial charge in [0.25, 0.3) is 6.43 Å². The number of nitrogens with zero attached hydrogens (tertiary/aromatic N) is 3. The first-order valence-corrected chi connectivity index (χ1v) is 5.57. The van der Waals surface area contributed by atoms with Gasteiger partial charge >= 0.3 is 6.18 Å². The SMILES string of the molecule is CCc1cc(C(F)(F)F)c(Cl)n2nc(C(F)F)nc12. The fraction of sp³-hybridized carbons (Fsp3) is 0.400. The molecule has 19 heavy (non-hydrogen) atoms. The molecule has 0 fully saturated rings. The third-order valence-corrected chi connectivity index (χ3v) is 2.88. The van der Waals surface area contributed by atoms with Crippen molar-refractivity contribution in [1.82, 2.24) is 14.6 Å². The number of hydrogen-bond donors (Lipinski definition) is 0. The second-order valence-corrected chi connectivity index (χ2v) is 4.09. The zero-order valence-electron chi connectivity index (χ0n) is 9.47. The molecule has 0 amide bonds. The fourth-order valence-corrected chi connectivity index (χ4v) is 1.92. The number of halogens is 6. The molecule has 0 saturated carbocycles. The van der Waals surface area contributed by atoms with Crippen LogP contribution in [-0.2, 0) is 12.6 Å². The molecule has 0 aromatic carbocycles. The summed E-state index contributed by atoms with van der Waals surface area (Å²) in [5, 5.41) is 2.54. The van der Waals surface area contributed by atoms with Crippen LogP contribution in [0.2, 0.25) is 5.15 Å². The van der Waals surface area contributed by atoms with Crippen LogP contribution >= 0.6 is 11.6 Å². The molecule has 0 radical (unpaired) electrons. The Morgan fingerprint density at radius 1 is 1.37 bits per heavy atom. The first kappa shape index (κ1) is 14.0. The summed E-state index contributed by atoms with van der Waals surface area (Å²) in [6, 6.07) is 0.807. The highest BCUT2D eigenvalue weighted by atomic mass is 35.5. The van der Waals surface area contributed by atoms with E-state index in [0.29, 0.717) is 4.52 Å². The molecule has 0 unspecified atom stereocenters. The van der Waals surface area contributed by atoms with E-state index in [9.17, 15) is 22.0 Å². The lowest BCUT2D eigenvalue weighted by atomic mass is 10.1. The van der Waals surface area contributed by atoms with Crippen LogP contribution in [-0.4, -0.2) is 14.6 Å². The van der Waals surface area contributed by atoms with Gasteiger partial charge in [-0.2, -0.15) is 13.2 Å². The average molecular weight is 300 g/mol. The fourth-order valence-electron chi connectivity index (χ4n) is 1.64. The van der Waals surface area contributed by atoms with E-state index < -0.39 is 29.1 Å². The highest BCUT2D eigenvalue weighted by Gasteiger charge is 2.36. The van der Waals surface area contributed by atoms with Crippen molar-refractivity contribution in [2.45, 2.75) is 25.9 Å². The Labute approximate surface area is 109 Å². The van der Waals surface area contributed by atoms with Crippen LogP contribution in [0, 0.1) is 0 Å². The van der Waals surface area contributed by atoms with Gasteiger partial charge in [-0.25, -0.2) is 18.3 Å². The molecule has 3 nitrogen and oxygen atoms in total. The van der Waals surface area contributed by atoms with Gasteiger partial charge in [0.15, 0.2) is 5.65 Å². The Hall–Kier alpha value is -1.44. The number of rotatable bonds is 2. The number of hydrogen-bond acceptors (Lipinski definition) is 2. The maximum Gasteiger partial charge on any atom is 0.419 e. The predicted octanol–water partition coefficient (Wildman–Crippen LogP) is 3.90. The summed E-state index contributed by atoms with van der Waals surface area (Å²) in [7, 11) is 0. The molecule has 0 aliphatic rings. The lowest BCUT2D eigenvalue weighted by molar-refractivity contribution is -0.137. The molecular formula is C10H7ClF5N3. The van der Waals surface area contributed by atoms with E-state index in [2.05, 4.69) is 10.1 Å². The first-order valence-electron chi connectivity index (χ1n) is 5.19. The molecule has 0 spiro atoms. The van der Waals surface area contributed by atoms with Crippen LogP contribution in [0.5, 0.6) is 0 Å². The number of pyridine rings is 1. The van der Waals surface area contributed by atoms with Crippen LogP contribution in [0.4, 0.5) is 22.0 Å². The van der Waals surface area contributed by atoms with Gasteiger partial charge < -0.3 is 0 Å². The van der Waals surface area contributed by atoms with Crippen molar-refractivity contribution in [2.75, 3.05) is 0 Å². The Kier molecular flexibility index (Phi) is 3.38. The topological polar surface area (TPSA) is 30.2 Å². The van der Waals surface area contributed by atoms with Gasteiger partial charge in [0.05, 0.1) is 5.56 Å². The highest BCUT2D eigenvalue weighted by Crippen LogP contribution is 2.36. The van der Waals surface area contributed by atoms with Crippen molar-refractivity contribution < 1.29 is 22.0 Å². The van der Waals surface area contributed by atoms with Gasteiger partial charge in [0.2, 0.25) is 5.82 Å². The van der Waals surface area contributed by atoms with E-state index in [-0.39, 0.29) is 17.6 Å². The van der Waals surface area contributed by atoms with Crippen molar-refractivity contribution in [3.05, 3.63) is 28.2 Å². The summed E-state index contributed by atoms with van der Waals surface area (Å²) in [5.74, 6) is -0.851. The van der Waals surface area contributed by atoms with E-state index in [1.54, 1.807) is 6.92 Å². The second-order valence-electron chi connectivity index (χ2n) is 3.73. The normalized spacial score (nSPS) is 12.6. The molecular weight excluding hydrogens is 293 g/mol. The minimum absolute atomic E-state index is 0.0872. The lowest BCUT2D eigenvalue weighted by Crippen LogP contribution is -2.10. The Balaban J connectivity index is 2.80. The average Bonchev–Trinajstić information content (AvgIpc) is 2.73. The molecule has 2 aromatic heterocycles. The molecule has 2 rings (SSSR count). The molecule has 0 aliphatic carbocycles. The second kappa shape index (κ2) is 4.59. The molecule has 2 aromatic rings. The van der Waals surface area contributed by atoms with Crippen molar-refractivity contribution >= 4 is 17.2 Å². The molecule has 0 bridgehead atoms. The first-order chi connectivity index (χ1) is 8.75. The summed E-state index contributed by atoms with van der Waals surface area (Å²) in [6.07, 6.45) is -7.48. The van der Waals surface area contributed by atoms with E-state index in [0.717, 1.165) is 6.07 Å². The quantitative estimate of drug-likeness (QED) is 0.622. The van der Waals surface area contributed by atoms with Crippen LogP contribution < -0.4 is 0 Å². The van der Waals surface area contributed by atoms with Crippen molar-refractivity contribution in [1.29, 1.82) is 0 Å². The molecule has 9 heteroatoms.